The van der Waals surface area contributed by atoms with E-state index in [1.165, 1.54) is 44.6 Å². The van der Waals surface area contributed by atoms with Crippen LogP contribution in [0.25, 0.3) is 6.08 Å². The van der Waals surface area contributed by atoms with E-state index in [-0.39, 0.29) is 17.8 Å². The predicted octanol–water partition coefficient (Wildman–Crippen LogP) is 1.51. The fourth-order valence-corrected chi connectivity index (χ4v) is 1.45. The number of hydrogen-bond acceptors (Lipinski definition) is 6. The number of esters is 1. The molecule has 0 aliphatic carbocycles. The van der Waals surface area contributed by atoms with Gasteiger partial charge in [0.15, 0.2) is 0 Å². The molecule has 0 spiro atoms. The highest BCUT2D eigenvalue weighted by Crippen LogP contribution is 2.14. The Labute approximate surface area is 120 Å². The molecule has 0 heterocycles. The van der Waals surface area contributed by atoms with Gasteiger partial charge >= 0.3 is 12.1 Å². The highest BCUT2D eigenvalue weighted by atomic mass is 16.6. The molecule has 1 aromatic rings. The number of carbonyl (C=O) groups excluding carboxylic acids is 2. The topological polar surface area (TPSA) is 108 Å². The van der Waals surface area contributed by atoms with Crippen LogP contribution >= 0.6 is 0 Å². The first-order chi connectivity index (χ1) is 9.97. The molecule has 0 aliphatic heterocycles. The number of ether oxygens (including phenoxy) is 2. The van der Waals surface area contributed by atoms with Crippen molar-refractivity contribution in [2.45, 2.75) is 0 Å². The van der Waals surface area contributed by atoms with Crippen molar-refractivity contribution < 1.29 is 24.0 Å². The summed E-state index contributed by atoms with van der Waals surface area (Å²) in [6.07, 6.45) is 0.777. The normalized spacial score (nSPS) is 10.7. The van der Waals surface area contributed by atoms with E-state index >= 15 is 0 Å². The summed E-state index contributed by atoms with van der Waals surface area (Å²) in [4.78, 5) is 32.6. The van der Waals surface area contributed by atoms with Crippen LogP contribution in [0.1, 0.15) is 5.56 Å². The third-order valence-corrected chi connectivity index (χ3v) is 2.50. The molecular weight excluding hydrogens is 280 g/mol. The minimum absolute atomic E-state index is 0.0561. The summed E-state index contributed by atoms with van der Waals surface area (Å²) in [5, 5.41) is 12.9. The number of nitro groups is 1. The van der Waals surface area contributed by atoms with Crippen LogP contribution in [-0.4, -0.2) is 37.8 Å². The Morgan fingerprint density at radius 1 is 1.24 bits per heavy atom. The van der Waals surface area contributed by atoms with Crippen LogP contribution in [-0.2, 0) is 14.3 Å². The van der Waals surface area contributed by atoms with Gasteiger partial charge in [-0.1, -0.05) is 0 Å². The van der Waals surface area contributed by atoms with Gasteiger partial charge in [0.25, 0.3) is 5.69 Å². The fraction of sp³-hybridized carbons (Fsp3) is 0.231. The predicted molar refractivity (Wildman–Crippen MR) is 73.5 cm³/mol. The van der Waals surface area contributed by atoms with Gasteiger partial charge in [-0.25, -0.2) is 9.59 Å². The second kappa shape index (κ2) is 7.63. The summed E-state index contributed by atoms with van der Waals surface area (Å²) < 4.78 is 9.01. The summed E-state index contributed by atoms with van der Waals surface area (Å²) in [7, 11) is 2.41. The van der Waals surface area contributed by atoms with Crippen molar-refractivity contribution in [2.75, 3.05) is 20.8 Å². The van der Waals surface area contributed by atoms with Crippen LogP contribution in [0.3, 0.4) is 0 Å². The third-order valence-electron chi connectivity index (χ3n) is 2.50. The highest BCUT2D eigenvalue weighted by Gasteiger charge is 2.12. The molecule has 8 nitrogen and oxygen atoms in total. The lowest BCUT2D eigenvalue weighted by Crippen LogP contribution is -2.27. The van der Waals surface area contributed by atoms with Gasteiger partial charge in [0.1, 0.15) is 0 Å². The fourth-order valence-electron chi connectivity index (χ4n) is 1.45. The lowest BCUT2D eigenvalue weighted by molar-refractivity contribution is -0.384. The first-order valence-corrected chi connectivity index (χ1v) is 5.83. The van der Waals surface area contributed by atoms with Crippen LogP contribution in [0.5, 0.6) is 0 Å². The Kier molecular flexibility index (Phi) is 5.87. The molecule has 0 aromatic heterocycles. The average Bonchev–Trinajstić information content (AvgIpc) is 2.50. The van der Waals surface area contributed by atoms with E-state index in [1.807, 2.05) is 0 Å². The molecule has 0 fully saturated rings. The molecule has 0 atom stereocenters. The maximum Gasteiger partial charge on any atom is 0.407 e. The molecule has 1 aromatic carbocycles. The Morgan fingerprint density at radius 3 is 2.33 bits per heavy atom. The van der Waals surface area contributed by atoms with E-state index in [2.05, 4.69) is 14.8 Å². The smallest absolute Gasteiger partial charge is 0.407 e. The molecule has 0 unspecified atom stereocenters. The number of non-ortho nitro benzene ring substituents is 1. The van der Waals surface area contributed by atoms with Crippen LogP contribution < -0.4 is 5.32 Å². The number of alkyl carbamates (subject to hydrolysis) is 1. The van der Waals surface area contributed by atoms with E-state index in [0.717, 1.165) is 0 Å². The van der Waals surface area contributed by atoms with E-state index in [9.17, 15) is 19.7 Å². The highest BCUT2D eigenvalue weighted by molar-refractivity contribution is 5.94. The molecule has 8 heteroatoms. The molecule has 0 saturated heterocycles. The second-order valence-corrected chi connectivity index (χ2v) is 3.85. The minimum Gasteiger partial charge on any atom is -0.466 e. The standard InChI is InChI=1S/C13H14N2O6/c1-20-12(16)10(8-14-13(17)21-2)7-9-3-5-11(6-4-9)15(18)19/h3-7H,8H2,1-2H3,(H,14,17)/b10-7+. The zero-order valence-electron chi connectivity index (χ0n) is 11.5. The monoisotopic (exact) mass is 294 g/mol. The molecular formula is C13H14N2O6. The number of rotatable bonds is 5. The number of carbonyl (C=O) groups is 2. The number of benzene rings is 1. The van der Waals surface area contributed by atoms with E-state index < -0.39 is 17.0 Å². The lowest BCUT2D eigenvalue weighted by Gasteiger charge is -2.07. The summed E-state index contributed by atoms with van der Waals surface area (Å²) in [6.45, 7) is -0.0870. The Balaban J connectivity index is 2.93. The lowest BCUT2D eigenvalue weighted by atomic mass is 10.1. The SMILES string of the molecule is COC(=O)NC/C(=C\c1ccc([N+](=O)[O-])cc1)C(=O)OC. The summed E-state index contributed by atoms with van der Waals surface area (Å²) in [5.74, 6) is -0.621. The largest absolute Gasteiger partial charge is 0.466 e. The first kappa shape index (κ1) is 16.2. The number of nitrogens with zero attached hydrogens (tertiary/aromatic N) is 1. The molecule has 0 radical (unpaired) electrons. The maximum atomic E-state index is 11.6. The molecule has 21 heavy (non-hydrogen) atoms. The minimum atomic E-state index is -0.687. The van der Waals surface area contributed by atoms with Crippen molar-refractivity contribution in [2.24, 2.45) is 0 Å². The average molecular weight is 294 g/mol. The molecule has 0 saturated carbocycles. The van der Waals surface area contributed by atoms with Gasteiger partial charge in [-0.05, 0) is 23.8 Å². The first-order valence-electron chi connectivity index (χ1n) is 5.83. The van der Waals surface area contributed by atoms with Gasteiger partial charge in [-0.2, -0.15) is 0 Å². The van der Waals surface area contributed by atoms with E-state index in [4.69, 9.17) is 0 Å². The number of nitrogens with one attached hydrogen (secondary N) is 1. The number of hydrogen-bond donors (Lipinski definition) is 1. The quantitative estimate of drug-likeness (QED) is 0.381. The zero-order chi connectivity index (χ0) is 15.8. The van der Waals surface area contributed by atoms with E-state index in [1.54, 1.807) is 0 Å². The van der Waals surface area contributed by atoms with Gasteiger partial charge in [-0.3, -0.25) is 10.1 Å². The summed E-state index contributed by atoms with van der Waals surface area (Å²) in [6, 6.07) is 5.60. The number of amides is 1. The van der Waals surface area contributed by atoms with Crippen LogP contribution in [0.4, 0.5) is 10.5 Å². The van der Waals surface area contributed by atoms with Crippen LogP contribution in [0.15, 0.2) is 29.8 Å². The van der Waals surface area contributed by atoms with Gasteiger partial charge in [-0.15, -0.1) is 0 Å². The number of methoxy groups -OCH3 is 2. The Bertz CT molecular complexity index is 565. The molecule has 1 amide bonds. The molecule has 0 aliphatic rings. The molecule has 1 rings (SSSR count). The summed E-state index contributed by atoms with van der Waals surface area (Å²) >= 11 is 0. The van der Waals surface area contributed by atoms with E-state index in [0.29, 0.717) is 5.56 Å². The van der Waals surface area contributed by atoms with Gasteiger partial charge in [0.05, 0.1) is 31.3 Å². The van der Waals surface area contributed by atoms with Gasteiger partial charge in [0.2, 0.25) is 0 Å². The van der Waals surface area contributed by atoms with Crippen molar-refractivity contribution in [1.29, 1.82) is 0 Å². The van der Waals surface area contributed by atoms with Crippen molar-refractivity contribution in [3.8, 4) is 0 Å². The second-order valence-electron chi connectivity index (χ2n) is 3.85. The number of nitro benzene ring substituents is 1. The Morgan fingerprint density at radius 2 is 1.86 bits per heavy atom. The van der Waals surface area contributed by atoms with Crippen molar-refractivity contribution in [3.05, 3.63) is 45.5 Å². The van der Waals surface area contributed by atoms with Crippen LogP contribution in [0.2, 0.25) is 0 Å². The van der Waals surface area contributed by atoms with Crippen LogP contribution in [0, 0.1) is 10.1 Å². The van der Waals surface area contributed by atoms with Gasteiger partial charge in [0, 0.05) is 12.1 Å². The Hall–Kier alpha value is -2.90. The van der Waals surface area contributed by atoms with Crippen molar-refractivity contribution in [1.82, 2.24) is 5.32 Å². The van der Waals surface area contributed by atoms with Gasteiger partial charge < -0.3 is 14.8 Å². The molecule has 0 bridgehead atoms. The van der Waals surface area contributed by atoms with Crippen molar-refractivity contribution >= 4 is 23.8 Å². The molecule has 1 N–H and O–H groups in total. The third kappa shape index (κ3) is 4.94. The summed E-state index contributed by atoms with van der Waals surface area (Å²) in [5.41, 5.74) is 0.684. The van der Waals surface area contributed by atoms with Crippen molar-refractivity contribution in [3.63, 3.8) is 0 Å². The maximum absolute atomic E-state index is 11.6. The zero-order valence-corrected chi connectivity index (χ0v) is 11.5. The molecule has 112 valence electrons.